The minimum Gasteiger partial charge on any atom is -0.492 e. The molecule has 4 aliphatic rings. The van der Waals surface area contributed by atoms with Crippen LogP contribution in [0.3, 0.4) is 0 Å². The summed E-state index contributed by atoms with van der Waals surface area (Å²) in [7, 11) is 1.37. The molecule has 2 heterocycles. The Bertz CT molecular complexity index is 1150. The van der Waals surface area contributed by atoms with Gasteiger partial charge in [0, 0.05) is 37.2 Å². The zero-order valence-corrected chi connectivity index (χ0v) is 19.6. The van der Waals surface area contributed by atoms with E-state index in [0.717, 1.165) is 29.8 Å². The molecular weight excluding hydrogens is 459 g/mol. The molecule has 35 heavy (non-hydrogen) atoms. The maximum Gasteiger partial charge on any atom is 0.416 e. The predicted octanol–water partition coefficient (Wildman–Crippen LogP) is 5.26. The highest BCUT2D eigenvalue weighted by molar-refractivity contribution is 5.71. The zero-order chi connectivity index (χ0) is 24.3. The van der Waals surface area contributed by atoms with E-state index in [1.807, 2.05) is 18.2 Å². The van der Waals surface area contributed by atoms with E-state index in [4.69, 9.17) is 14.2 Å². The van der Waals surface area contributed by atoms with Crippen molar-refractivity contribution in [2.45, 2.75) is 50.4 Å². The van der Waals surface area contributed by atoms with Crippen LogP contribution in [-0.2, 0) is 28.7 Å². The number of rotatable bonds is 6. The smallest absolute Gasteiger partial charge is 0.416 e. The highest BCUT2D eigenvalue weighted by Gasteiger charge is 2.46. The van der Waals surface area contributed by atoms with Gasteiger partial charge in [0.1, 0.15) is 17.6 Å². The molecular formula is C27H28F3NO4. The summed E-state index contributed by atoms with van der Waals surface area (Å²) in [6, 6.07) is 8.38. The number of hydrogen-bond donors (Lipinski definition) is 0. The number of methoxy groups -OCH3 is 1. The summed E-state index contributed by atoms with van der Waals surface area (Å²) in [5, 5.41) is 0. The van der Waals surface area contributed by atoms with Gasteiger partial charge in [0.15, 0.2) is 0 Å². The maximum absolute atomic E-state index is 13.9. The molecule has 2 aliphatic carbocycles. The molecule has 2 fully saturated rings. The second kappa shape index (κ2) is 8.43. The van der Waals surface area contributed by atoms with E-state index in [9.17, 15) is 18.0 Å². The predicted molar refractivity (Wildman–Crippen MR) is 121 cm³/mol. The number of carbonyl (C=O) groups is 1. The van der Waals surface area contributed by atoms with Gasteiger partial charge in [0.25, 0.3) is 0 Å². The van der Waals surface area contributed by atoms with Crippen LogP contribution in [-0.4, -0.2) is 37.7 Å². The molecule has 2 aromatic rings. The van der Waals surface area contributed by atoms with Crippen molar-refractivity contribution in [2.75, 3.05) is 26.8 Å². The standard InChI is InChI=1S/C27H28F3NO4/c1-33-26(32)9-17-14-34-25-10-18(2-3-19(17)25)35-24-7-5-20-21(24)4-6-23(27(28,29)30)22(20)13-31-11-15-8-16(15)12-31/h2-4,6,10,15-17,24H,5,7-9,11-14H2,1H3/t15-,16?,17?,24-/m1/s1. The topological polar surface area (TPSA) is 48.0 Å². The average molecular weight is 488 g/mol. The van der Waals surface area contributed by atoms with Gasteiger partial charge in [-0.05, 0) is 59.9 Å². The maximum atomic E-state index is 13.9. The molecule has 0 aromatic heterocycles. The summed E-state index contributed by atoms with van der Waals surface area (Å²) in [5.74, 6) is 2.29. The van der Waals surface area contributed by atoms with E-state index in [1.54, 1.807) is 6.07 Å². The fourth-order valence-corrected chi connectivity index (χ4v) is 6.10. The lowest BCUT2D eigenvalue weighted by Crippen LogP contribution is -2.25. The third-order valence-electron chi connectivity index (χ3n) is 8.00. The minimum atomic E-state index is -4.37. The van der Waals surface area contributed by atoms with Crippen molar-refractivity contribution < 1.29 is 32.2 Å². The molecule has 1 saturated carbocycles. The number of nitrogens with zero attached hydrogens (tertiary/aromatic N) is 1. The largest absolute Gasteiger partial charge is 0.492 e. The van der Waals surface area contributed by atoms with Gasteiger partial charge >= 0.3 is 12.1 Å². The normalized spacial score (nSPS) is 26.6. The molecule has 2 aromatic carbocycles. The molecule has 186 valence electrons. The third kappa shape index (κ3) is 4.26. The van der Waals surface area contributed by atoms with E-state index in [0.29, 0.717) is 54.9 Å². The number of carbonyl (C=O) groups excluding carboxylic acids is 1. The molecule has 0 bridgehead atoms. The van der Waals surface area contributed by atoms with Crippen molar-refractivity contribution in [1.29, 1.82) is 0 Å². The lowest BCUT2D eigenvalue weighted by Gasteiger charge is -2.24. The van der Waals surface area contributed by atoms with Crippen LogP contribution in [0.25, 0.3) is 0 Å². The second-order valence-corrected chi connectivity index (χ2v) is 10.2. The fourth-order valence-electron chi connectivity index (χ4n) is 6.10. The Labute approximate surface area is 202 Å². The van der Waals surface area contributed by atoms with Gasteiger partial charge < -0.3 is 14.2 Å². The van der Waals surface area contributed by atoms with Crippen LogP contribution >= 0.6 is 0 Å². The van der Waals surface area contributed by atoms with Crippen LogP contribution in [0, 0.1) is 11.8 Å². The van der Waals surface area contributed by atoms with Crippen molar-refractivity contribution in [2.24, 2.45) is 11.8 Å². The summed E-state index contributed by atoms with van der Waals surface area (Å²) in [5.41, 5.74) is 2.49. The zero-order valence-electron chi connectivity index (χ0n) is 19.6. The number of alkyl halides is 3. The van der Waals surface area contributed by atoms with Crippen LogP contribution in [0.2, 0.25) is 0 Å². The highest BCUT2D eigenvalue weighted by Crippen LogP contribution is 2.48. The lowest BCUT2D eigenvalue weighted by molar-refractivity contribution is -0.141. The molecule has 8 heteroatoms. The van der Waals surface area contributed by atoms with Gasteiger partial charge in [-0.25, -0.2) is 0 Å². The Kier molecular flexibility index (Phi) is 5.47. The van der Waals surface area contributed by atoms with Crippen molar-refractivity contribution in [3.63, 3.8) is 0 Å². The van der Waals surface area contributed by atoms with Gasteiger partial charge in [-0.1, -0.05) is 12.1 Å². The highest BCUT2D eigenvalue weighted by atomic mass is 19.4. The Morgan fingerprint density at radius 1 is 1.14 bits per heavy atom. The quantitative estimate of drug-likeness (QED) is 0.520. The second-order valence-electron chi connectivity index (χ2n) is 10.2. The molecule has 5 nitrogen and oxygen atoms in total. The van der Waals surface area contributed by atoms with Gasteiger partial charge in [-0.2, -0.15) is 13.2 Å². The van der Waals surface area contributed by atoms with Crippen molar-refractivity contribution in [3.8, 4) is 11.5 Å². The van der Waals surface area contributed by atoms with Crippen molar-refractivity contribution >= 4 is 5.97 Å². The monoisotopic (exact) mass is 487 g/mol. The number of likely N-dealkylation sites (tertiary alicyclic amines) is 1. The van der Waals surface area contributed by atoms with Crippen LogP contribution < -0.4 is 9.47 Å². The first kappa shape index (κ1) is 22.7. The molecule has 4 atom stereocenters. The average Bonchev–Trinajstić information content (AvgIpc) is 3.15. The summed E-state index contributed by atoms with van der Waals surface area (Å²) >= 11 is 0. The van der Waals surface area contributed by atoms with E-state index in [2.05, 4.69) is 4.90 Å². The molecule has 6 rings (SSSR count). The number of benzene rings is 2. The number of piperidine rings is 1. The Hall–Kier alpha value is -2.74. The van der Waals surface area contributed by atoms with Crippen molar-refractivity contribution in [3.05, 3.63) is 58.1 Å². The molecule has 1 saturated heterocycles. The number of esters is 1. The van der Waals surface area contributed by atoms with Crippen molar-refractivity contribution in [1.82, 2.24) is 4.90 Å². The third-order valence-corrected chi connectivity index (χ3v) is 8.00. The molecule has 2 aliphatic heterocycles. The minimum absolute atomic E-state index is 0.0568. The number of hydrogen-bond acceptors (Lipinski definition) is 5. The molecule has 0 radical (unpaired) electrons. The summed E-state index contributed by atoms with van der Waals surface area (Å²) in [4.78, 5) is 13.8. The molecule has 0 N–H and O–H groups in total. The number of halogens is 3. The van der Waals surface area contributed by atoms with E-state index < -0.39 is 11.7 Å². The Balaban J connectivity index is 1.23. The lowest BCUT2D eigenvalue weighted by atomic mass is 9.96. The van der Waals surface area contributed by atoms with Crippen LogP contribution in [0.1, 0.15) is 59.1 Å². The Morgan fingerprint density at radius 3 is 2.66 bits per heavy atom. The van der Waals surface area contributed by atoms with Gasteiger partial charge in [-0.15, -0.1) is 0 Å². The Morgan fingerprint density at radius 2 is 1.91 bits per heavy atom. The summed E-state index contributed by atoms with van der Waals surface area (Å²) < 4.78 is 58.5. The van der Waals surface area contributed by atoms with E-state index in [-0.39, 0.29) is 24.4 Å². The summed E-state index contributed by atoms with van der Waals surface area (Å²) in [6.45, 7) is 2.56. The first-order valence-corrected chi connectivity index (χ1v) is 12.2. The van der Waals surface area contributed by atoms with Gasteiger partial charge in [0.05, 0.1) is 25.7 Å². The molecule has 2 unspecified atom stereocenters. The first-order valence-electron chi connectivity index (χ1n) is 12.2. The van der Waals surface area contributed by atoms with Crippen LogP contribution in [0.15, 0.2) is 30.3 Å². The number of fused-ring (bicyclic) bond motifs is 3. The number of ether oxygens (including phenoxy) is 3. The van der Waals surface area contributed by atoms with Crippen LogP contribution in [0.4, 0.5) is 13.2 Å². The van der Waals surface area contributed by atoms with Gasteiger partial charge in [-0.3, -0.25) is 9.69 Å². The molecule has 0 amide bonds. The SMILES string of the molecule is COC(=O)CC1COc2cc(O[C@@H]3CCc4c3ccc(C(F)(F)F)c4CN3CC4C[C@@H]4C3)ccc21. The van der Waals surface area contributed by atoms with Crippen LogP contribution in [0.5, 0.6) is 11.5 Å². The summed E-state index contributed by atoms with van der Waals surface area (Å²) in [6.07, 6.45) is -1.99. The fraction of sp³-hybridized carbons (Fsp3) is 0.519. The van der Waals surface area contributed by atoms with E-state index >= 15 is 0 Å². The molecule has 0 spiro atoms. The van der Waals surface area contributed by atoms with Gasteiger partial charge in [0.2, 0.25) is 0 Å². The van der Waals surface area contributed by atoms with E-state index in [1.165, 1.54) is 19.6 Å². The first-order chi connectivity index (χ1) is 16.8.